The summed E-state index contributed by atoms with van der Waals surface area (Å²) in [7, 11) is 0. The lowest BCUT2D eigenvalue weighted by atomic mass is 10.1. The molecule has 2 N–H and O–H groups in total. The van der Waals surface area contributed by atoms with Crippen molar-refractivity contribution in [2.45, 2.75) is 13.0 Å². The summed E-state index contributed by atoms with van der Waals surface area (Å²) in [6.45, 7) is 3.13. The van der Waals surface area contributed by atoms with Gasteiger partial charge in [-0.05, 0) is 36.8 Å². The van der Waals surface area contributed by atoms with Gasteiger partial charge in [0.05, 0.1) is 12.7 Å². The molecule has 2 rings (SSSR count). The van der Waals surface area contributed by atoms with Gasteiger partial charge in [0.15, 0.2) is 0 Å². The molecule has 2 aromatic carbocycles. The summed E-state index contributed by atoms with van der Waals surface area (Å²) in [4.78, 5) is 0. The first-order valence-corrected chi connectivity index (χ1v) is 6.40. The Kier molecular flexibility index (Phi) is 4.81. The number of rotatable bonds is 6. The molecule has 0 heterocycles. The second kappa shape index (κ2) is 6.81. The third-order valence-electron chi connectivity index (χ3n) is 2.87. The molecule has 0 saturated carbocycles. The highest BCUT2D eigenvalue weighted by Gasteiger charge is 2.04. The minimum atomic E-state index is 0.0798. The lowest BCUT2D eigenvalue weighted by molar-refractivity contribution is 0.0439. The summed E-state index contributed by atoms with van der Waals surface area (Å²) >= 11 is 0. The molecular formula is C16H19NO2. The monoisotopic (exact) mass is 257 g/mol. The molecule has 3 heteroatoms. The van der Waals surface area contributed by atoms with Gasteiger partial charge >= 0.3 is 0 Å². The topological polar surface area (TPSA) is 44.5 Å². The molecule has 0 aliphatic heterocycles. The summed E-state index contributed by atoms with van der Waals surface area (Å²) in [5.74, 6) is 0.810. The fourth-order valence-corrected chi connectivity index (χ4v) is 1.77. The first kappa shape index (κ1) is 13.4. The number of nitrogens with two attached hydrogens (primary N) is 1. The fourth-order valence-electron chi connectivity index (χ4n) is 1.77. The van der Waals surface area contributed by atoms with Gasteiger partial charge in [0.25, 0.3) is 0 Å². The standard InChI is InChI=1S/C16H19NO2/c1-13(14-5-3-2-4-6-14)18-11-12-19-16-9-7-15(17)8-10-16/h2-10,13H,11-12,17H2,1H3. The van der Waals surface area contributed by atoms with Crippen molar-refractivity contribution in [3.8, 4) is 5.75 Å². The quantitative estimate of drug-likeness (QED) is 0.637. The SMILES string of the molecule is CC(OCCOc1ccc(N)cc1)c1ccccc1. The van der Waals surface area contributed by atoms with E-state index in [2.05, 4.69) is 12.1 Å². The molecule has 0 aliphatic rings. The lowest BCUT2D eigenvalue weighted by Gasteiger charge is -2.13. The smallest absolute Gasteiger partial charge is 0.119 e. The van der Waals surface area contributed by atoms with Crippen molar-refractivity contribution in [3.63, 3.8) is 0 Å². The number of nitrogen functional groups attached to an aromatic ring is 1. The summed E-state index contributed by atoms with van der Waals surface area (Å²) in [6.07, 6.45) is 0.0798. The molecule has 2 aromatic rings. The largest absolute Gasteiger partial charge is 0.491 e. The Morgan fingerprint density at radius 1 is 0.947 bits per heavy atom. The van der Waals surface area contributed by atoms with Crippen LogP contribution in [0.5, 0.6) is 5.75 Å². The zero-order valence-electron chi connectivity index (χ0n) is 11.1. The Balaban J connectivity index is 1.71. The lowest BCUT2D eigenvalue weighted by Crippen LogP contribution is -2.09. The summed E-state index contributed by atoms with van der Waals surface area (Å²) in [6, 6.07) is 17.5. The average Bonchev–Trinajstić information content (AvgIpc) is 2.46. The van der Waals surface area contributed by atoms with Crippen LogP contribution in [0.3, 0.4) is 0 Å². The van der Waals surface area contributed by atoms with Crippen LogP contribution in [0.15, 0.2) is 54.6 Å². The van der Waals surface area contributed by atoms with Crippen molar-refractivity contribution in [1.29, 1.82) is 0 Å². The summed E-state index contributed by atoms with van der Waals surface area (Å²) in [5.41, 5.74) is 7.52. The van der Waals surface area contributed by atoms with Crippen LogP contribution < -0.4 is 10.5 Å². The second-order valence-corrected chi connectivity index (χ2v) is 4.34. The van der Waals surface area contributed by atoms with Crippen molar-refractivity contribution in [2.24, 2.45) is 0 Å². The highest BCUT2D eigenvalue weighted by atomic mass is 16.5. The van der Waals surface area contributed by atoms with E-state index in [0.717, 1.165) is 11.4 Å². The minimum absolute atomic E-state index is 0.0798. The molecule has 3 nitrogen and oxygen atoms in total. The van der Waals surface area contributed by atoms with Crippen molar-refractivity contribution >= 4 is 5.69 Å². The Labute approximate surface area is 114 Å². The van der Waals surface area contributed by atoms with E-state index in [1.54, 1.807) is 0 Å². The van der Waals surface area contributed by atoms with E-state index in [-0.39, 0.29) is 6.10 Å². The van der Waals surface area contributed by atoms with Crippen LogP contribution in [-0.2, 0) is 4.74 Å². The minimum Gasteiger partial charge on any atom is -0.491 e. The molecule has 100 valence electrons. The molecule has 19 heavy (non-hydrogen) atoms. The molecule has 1 unspecified atom stereocenters. The van der Waals surface area contributed by atoms with Crippen LogP contribution in [0.1, 0.15) is 18.6 Å². The maximum Gasteiger partial charge on any atom is 0.119 e. The predicted octanol–water partition coefficient (Wildman–Crippen LogP) is 3.43. The fraction of sp³-hybridized carbons (Fsp3) is 0.250. The van der Waals surface area contributed by atoms with Gasteiger partial charge in [-0.15, -0.1) is 0 Å². The second-order valence-electron chi connectivity index (χ2n) is 4.34. The van der Waals surface area contributed by atoms with Gasteiger partial charge in [0, 0.05) is 5.69 Å². The van der Waals surface area contributed by atoms with Crippen LogP contribution in [0.4, 0.5) is 5.69 Å². The average molecular weight is 257 g/mol. The van der Waals surface area contributed by atoms with Crippen molar-refractivity contribution in [2.75, 3.05) is 18.9 Å². The number of hydrogen-bond donors (Lipinski definition) is 1. The van der Waals surface area contributed by atoms with E-state index in [4.69, 9.17) is 15.2 Å². The molecule has 0 aromatic heterocycles. The van der Waals surface area contributed by atoms with Gasteiger partial charge in [0.2, 0.25) is 0 Å². The maximum atomic E-state index is 5.72. The van der Waals surface area contributed by atoms with E-state index in [9.17, 15) is 0 Å². The molecule has 0 spiro atoms. The molecule has 1 atom stereocenters. The third kappa shape index (κ3) is 4.30. The molecule has 0 aliphatic carbocycles. The molecule has 0 amide bonds. The van der Waals surface area contributed by atoms with Crippen molar-refractivity contribution in [1.82, 2.24) is 0 Å². The van der Waals surface area contributed by atoms with Gasteiger partial charge in [-0.25, -0.2) is 0 Å². The normalized spacial score (nSPS) is 12.1. The molecular weight excluding hydrogens is 238 g/mol. The molecule has 0 fully saturated rings. The first-order chi connectivity index (χ1) is 9.25. The van der Waals surface area contributed by atoms with E-state index in [1.165, 1.54) is 5.56 Å². The van der Waals surface area contributed by atoms with Gasteiger partial charge in [0.1, 0.15) is 12.4 Å². The number of anilines is 1. The Morgan fingerprint density at radius 3 is 2.32 bits per heavy atom. The van der Waals surface area contributed by atoms with Crippen LogP contribution in [0.2, 0.25) is 0 Å². The van der Waals surface area contributed by atoms with Gasteiger partial charge in [-0.1, -0.05) is 30.3 Å². The number of ether oxygens (including phenoxy) is 2. The van der Waals surface area contributed by atoms with Crippen LogP contribution in [0.25, 0.3) is 0 Å². The van der Waals surface area contributed by atoms with Crippen molar-refractivity contribution < 1.29 is 9.47 Å². The van der Waals surface area contributed by atoms with Crippen LogP contribution in [-0.4, -0.2) is 13.2 Å². The highest BCUT2D eigenvalue weighted by molar-refractivity contribution is 5.41. The Morgan fingerprint density at radius 2 is 1.63 bits per heavy atom. The highest BCUT2D eigenvalue weighted by Crippen LogP contribution is 2.16. The molecule has 0 radical (unpaired) electrons. The van der Waals surface area contributed by atoms with Gasteiger partial charge in [-0.3, -0.25) is 0 Å². The van der Waals surface area contributed by atoms with E-state index < -0.39 is 0 Å². The summed E-state index contributed by atoms with van der Waals surface area (Å²) in [5, 5.41) is 0. The van der Waals surface area contributed by atoms with E-state index in [0.29, 0.717) is 13.2 Å². The zero-order chi connectivity index (χ0) is 13.5. The third-order valence-corrected chi connectivity index (χ3v) is 2.87. The zero-order valence-corrected chi connectivity index (χ0v) is 11.1. The van der Waals surface area contributed by atoms with E-state index >= 15 is 0 Å². The Bertz CT molecular complexity index is 482. The van der Waals surface area contributed by atoms with Crippen LogP contribution in [0, 0.1) is 0 Å². The van der Waals surface area contributed by atoms with Crippen LogP contribution >= 0.6 is 0 Å². The molecule has 0 bridgehead atoms. The van der Waals surface area contributed by atoms with Gasteiger partial charge < -0.3 is 15.2 Å². The number of hydrogen-bond acceptors (Lipinski definition) is 3. The van der Waals surface area contributed by atoms with Crippen molar-refractivity contribution in [3.05, 3.63) is 60.2 Å². The van der Waals surface area contributed by atoms with E-state index in [1.807, 2.05) is 49.4 Å². The first-order valence-electron chi connectivity index (χ1n) is 6.40. The Hall–Kier alpha value is -2.00. The number of benzene rings is 2. The summed E-state index contributed by atoms with van der Waals surface area (Å²) < 4.78 is 11.3. The van der Waals surface area contributed by atoms with Gasteiger partial charge in [-0.2, -0.15) is 0 Å². The molecule has 0 saturated heterocycles. The predicted molar refractivity (Wildman–Crippen MR) is 77.2 cm³/mol. The maximum absolute atomic E-state index is 5.72.